The molecule has 0 spiro atoms. The quantitative estimate of drug-likeness (QED) is 0.584. The van der Waals surface area contributed by atoms with E-state index in [4.69, 9.17) is 0 Å². The van der Waals surface area contributed by atoms with Crippen molar-refractivity contribution in [3.8, 4) is 0 Å². The summed E-state index contributed by atoms with van der Waals surface area (Å²) in [6, 6.07) is -0.0156. The number of carbonyl (C=O) groups is 1. The molecule has 1 amide bonds. The summed E-state index contributed by atoms with van der Waals surface area (Å²) in [5.41, 5.74) is 0. The number of hydrogen-bond donors (Lipinski definition) is 1. The zero-order valence-corrected chi connectivity index (χ0v) is 6.44. The van der Waals surface area contributed by atoms with Crippen LogP contribution < -0.4 is 5.32 Å². The summed E-state index contributed by atoms with van der Waals surface area (Å²) in [6.45, 7) is 5.04. The number of carbonyl (C=O) groups excluding carboxylic acids is 1. The van der Waals surface area contributed by atoms with Crippen LogP contribution in [0.4, 0.5) is 4.39 Å². The molecule has 3 heteroatoms. The van der Waals surface area contributed by atoms with E-state index in [0.29, 0.717) is 0 Å². The summed E-state index contributed by atoms with van der Waals surface area (Å²) in [5.74, 6) is -1.37. The smallest absolute Gasteiger partial charge is 0.279 e. The van der Waals surface area contributed by atoms with Gasteiger partial charge >= 0.3 is 0 Å². The van der Waals surface area contributed by atoms with Gasteiger partial charge in [0.25, 0.3) is 5.91 Å². The molecule has 0 unspecified atom stereocenters. The highest BCUT2D eigenvalue weighted by Gasteiger charge is 2.06. The van der Waals surface area contributed by atoms with Crippen LogP contribution in [0.3, 0.4) is 0 Å². The summed E-state index contributed by atoms with van der Waals surface area (Å²) < 4.78 is 12.3. The predicted octanol–water partition coefficient (Wildman–Crippen LogP) is 1.38. The van der Waals surface area contributed by atoms with Crippen molar-refractivity contribution in [1.29, 1.82) is 0 Å². The maximum Gasteiger partial charge on any atom is 0.279 e. The minimum atomic E-state index is -0.728. The molecule has 0 heterocycles. The Morgan fingerprint density at radius 2 is 2.10 bits per heavy atom. The Morgan fingerprint density at radius 3 is 2.40 bits per heavy atom. The molecule has 0 aliphatic heterocycles. The molecule has 0 saturated heterocycles. The minimum Gasteiger partial charge on any atom is -0.348 e. The molecular formula is C7H12FNO. The summed E-state index contributed by atoms with van der Waals surface area (Å²) in [6.07, 6.45) is 1.14. The highest BCUT2D eigenvalue weighted by molar-refractivity contribution is 5.91. The van der Waals surface area contributed by atoms with E-state index < -0.39 is 11.7 Å². The molecule has 0 aromatic rings. The van der Waals surface area contributed by atoms with Crippen molar-refractivity contribution < 1.29 is 9.18 Å². The second-order valence-corrected chi connectivity index (χ2v) is 2.26. The predicted molar refractivity (Wildman–Crippen MR) is 38.1 cm³/mol. The Kier molecular flexibility index (Phi) is 3.69. The lowest BCUT2D eigenvalue weighted by atomic mass is 10.3. The number of halogens is 1. The normalized spacial score (nSPS) is 11.9. The van der Waals surface area contributed by atoms with Gasteiger partial charge in [0.05, 0.1) is 0 Å². The Labute approximate surface area is 60.1 Å². The zero-order chi connectivity index (χ0) is 8.15. The first kappa shape index (κ1) is 9.14. The summed E-state index contributed by atoms with van der Waals surface area (Å²) in [5, 5.41) is 2.41. The minimum absolute atomic E-state index is 0.0156. The Morgan fingerprint density at radius 1 is 1.60 bits per heavy atom. The van der Waals surface area contributed by atoms with Gasteiger partial charge in [-0.3, -0.25) is 4.79 Å². The lowest BCUT2D eigenvalue weighted by Gasteiger charge is -2.05. The van der Waals surface area contributed by atoms with Crippen LogP contribution in [0.25, 0.3) is 0 Å². The molecule has 0 rings (SSSR count). The van der Waals surface area contributed by atoms with E-state index >= 15 is 0 Å². The molecule has 0 radical (unpaired) electrons. The number of hydrogen-bond acceptors (Lipinski definition) is 1. The summed E-state index contributed by atoms with van der Waals surface area (Å²) in [4.78, 5) is 10.6. The van der Waals surface area contributed by atoms with Crippen molar-refractivity contribution in [2.45, 2.75) is 26.8 Å². The van der Waals surface area contributed by atoms with Gasteiger partial charge in [-0.05, 0) is 26.8 Å². The maximum atomic E-state index is 12.3. The Hall–Kier alpha value is -0.860. The molecule has 0 saturated carbocycles. The van der Waals surface area contributed by atoms with Crippen molar-refractivity contribution in [2.75, 3.05) is 0 Å². The molecule has 1 N–H and O–H groups in total. The van der Waals surface area contributed by atoms with E-state index in [1.165, 1.54) is 6.92 Å². The Balaban J connectivity index is 3.86. The first-order valence-corrected chi connectivity index (χ1v) is 3.20. The number of amides is 1. The van der Waals surface area contributed by atoms with E-state index in [2.05, 4.69) is 5.32 Å². The fourth-order valence-electron chi connectivity index (χ4n) is 0.462. The van der Waals surface area contributed by atoms with E-state index in [1.54, 1.807) is 13.8 Å². The van der Waals surface area contributed by atoms with Gasteiger partial charge in [-0.1, -0.05) is 0 Å². The van der Waals surface area contributed by atoms with Crippen molar-refractivity contribution in [2.24, 2.45) is 0 Å². The summed E-state index contributed by atoms with van der Waals surface area (Å²) in [7, 11) is 0. The highest BCUT2D eigenvalue weighted by atomic mass is 19.1. The highest BCUT2D eigenvalue weighted by Crippen LogP contribution is 1.95. The lowest BCUT2D eigenvalue weighted by Crippen LogP contribution is -2.30. The van der Waals surface area contributed by atoms with Gasteiger partial charge in [0.1, 0.15) is 0 Å². The molecule has 0 aliphatic rings. The monoisotopic (exact) mass is 145 g/mol. The van der Waals surface area contributed by atoms with Crippen LogP contribution in [0.1, 0.15) is 20.8 Å². The fraction of sp³-hybridized carbons (Fsp3) is 0.571. The third-order valence-corrected chi connectivity index (χ3v) is 0.890. The van der Waals surface area contributed by atoms with Crippen molar-refractivity contribution >= 4 is 5.91 Å². The average Bonchev–Trinajstić information content (AvgIpc) is 1.85. The molecule has 0 aliphatic carbocycles. The SMILES string of the molecule is C/C=C(/F)C(=O)NC(C)C. The molecule has 0 aromatic heterocycles. The molecular weight excluding hydrogens is 133 g/mol. The molecule has 0 atom stereocenters. The molecule has 58 valence electrons. The van der Waals surface area contributed by atoms with Gasteiger partial charge in [0.15, 0.2) is 5.83 Å². The molecule has 0 bridgehead atoms. The van der Waals surface area contributed by atoms with Gasteiger partial charge in [-0.15, -0.1) is 0 Å². The van der Waals surface area contributed by atoms with Crippen molar-refractivity contribution in [3.63, 3.8) is 0 Å². The van der Waals surface area contributed by atoms with E-state index in [-0.39, 0.29) is 6.04 Å². The number of nitrogens with one attached hydrogen (secondary N) is 1. The molecule has 0 aromatic carbocycles. The lowest BCUT2D eigenvalue weighted by molar-refractivity contribution is -0.119. The van der Waals surface area contributed by atoms with Crippen LogP contribution in [0.2, 0.25) is 0 Å². The van der Waals surface area contributed by atoms with Crippen LogP contribution in [-0.2, 0) is 4.79 Å². The van der Waals surface area contributed by atoms with Crippen LogP contribution in [-0.4, -0.2) is 11.9 Å². The largest absolute Gasteiger partial charge is 0.348 e. The van der Waals surface area contributed by atoms with E-state index in [0.717, 1.165) is 6.08 Å². The third kappa shape index (κ3) is 3.22. The van der Waals surface area contributed by atoms with Gasteiger partial charge in [-0.2, -0.15) is 0 Å². The number of allylic oxidation sites excluding steroid dienone is 1. The first-order valence-electron chi connectivity index (χ1n) is 3.20. The van der Waals surface area contributed by atoms with Gasteiger partial charge in [-0.25, -0.2) is 4.39 Å². The second-order valence-electron chi connectivity index (χ2n) is 2.26. The van der Waals surface area contributed by atoms with E-state index in [1.807, 2.05) is 0 Å². The molecule has 10 heavy (non-hydrogen) atoms. The van der Waals surface area contributed by atoms with Gasteiger partial charge in [0, 0.05) is 6.04 Å². The van der Waals surface area contributed by atoms with Crippen LogP contribution in [0, 0.1) is 0 Å². The Bertz CT molecular complexity index is 152. The molecule has 0 fully saturated rings. The molecule has 2 nitrogen and oxygen atoms in total. The standard InChI is InChI=1S/C7H12FNO/c1-4-6(8)7(10)9-5(2)3/h4-5H,1-3H3,(H,9,10)/b6-4+. The second kappa shape index (κ2) is 4.04. The van der Waals surface area contributed by atoms with Crippen molar-refractivity contribution in [1.82, 2.24) is 5.32 Å². The number of rotatable bonds is 2. The average molecular weight is 145 g/mol. The van der Waals surface area contributed by atoms with E-state index in [9.17, 15) is 9.18 Å². The fourth-order valence-corrected chi connectivity index (χ4v) is 0.462. The summed E-state index contributed by atoms with van der Waals surface area (Å²) >= 11 is 0. The van der Waals surface area contributed by atoms with Crippen LogP contribution in [0.15, 0.2) is 11.9 Å². The van der Waals surface area contributed by atoms with Gasteiger partial charge < -0.3 is 5.32 Å². The van der Waals surface area contributed by atoms with Crippen LogP contribution in [0.5, 0.6) is 0 Å². The topological polar surface area (TPSA) is 29.1 Å². The van der Waals surface area contributed by atoms with Crippen LogP contribution >= 0.6 is 0 Å². The third-order valence-electron chi connectivity index (χ3n) is 0.890. The zero-order valence-electron chi connectivity index (χ0n) is 6.44. The maximum absolute atomic E-state index is 12.3. The van der Waals surface area contributed by atoms with Crippen molar-refractivity contribution in [3.05, 3.63) is 11.9 Å². The van der Waals surface area contributed by atoms with Gasteiger partial charge in [0.2, 0.25) is 0 Å². The first-order chi connectivity index (χ1) is 4.57.